The minimum absolute atomic E-state index is 0.164. The van der Waals surface area contributed by atoms with Crippen LogP contribution < -0.4 is 15.6 Å². The number of hydrogen-bond donors (Lipinski definition) is 2. The minimum Gasteiger partial charge on any atom is -0.494 e. The summed E-state index contributed by atoms with van der Waals surface area (Å²) in [5, 5.41) is 5.08. The van der Waals surface area contributed by atoms with Crippen LogP contribution in [0.2, 0.25) is 0 Å². The summed E-state index contributed by atoms with van der Waals surface area (Å²) in [5.74, 6) is -0.181. The lowest BCUT2D eigenvalue weighted by Gasteiger charge is -2.11. The van der Waals surface area contributed by atoms with Crippen LogP contribution in [-0.4, -0.2) is 33.2 Å². The van der Waals surface area contributed by atoms with Gasteiger partial charge in [0.1, 0.15) is 5.75 Å². The van der Waals surface area contributed by atoms with Gasteiger partial charge in [-0.15, -0.1) is 0 Å². The van der Waals surface area contributed by atoms with Crippen molar-refractivity contribution in [2.24, 2.45) is 0 Å². The Labute approximate surface area is 162 Å². The van der Waals surface area contributed by atoms with E-state index in [-0.39, 0.29) is 6.04 Å². The summed E-state index contributed by atoms with van der Waals surface area (Å²) in [6.07, 6.45) is 1.68. The topological polar surface area (TPSA) is 98.1 Å². The molecule has 0 saturated heterocycles. The molecular weight excluding hydrogens is 358 g/mol. The molecule has 0 atom stereocenters. The normalized spacial score (nSPS) is 10.9. The fourth-order valence-electron chi connectivity index (χ4n) is 2.80. The lowest BCUT2D eigenvalue weighted by molar-refractivity contribution is 0.0846. The van der Waals surface area contributed by atoms with Crippen molar-refractivity contribution >= 4 is 22.8 Å². The highest BCUT2D eigenvalue weighted by molar-refractivity contribution is 6.01. The van der Waals surface area contributed by atoms with E-state index in [1.807, 2.05) is 20.8 Å². The number of benzene rings is 1. The molecule has 0 spiro atoms. The molecule has 2 heterocycles. The van der Waals surface area contributed by atoms with Crippen molar-refractivity contribution in [1.29, 1.82) is 0 Å². The van der Waals surface area contributed by atoms with Crippen molar-refractivity contribution < 1.29 is 14.3 Å². The molecule has 0 bridgehead atoms. The number of aryl methyl sites for hydroxylation is 1. The molecule has 3 rings (SSSR count). The summed E-state index contributed by atoms with van der Waals surface area (Å²) in [6.45, 7) is 8.22. The van der Waals surface area contributed by atoms with Gasteiger partial charge < -0.3 is 4.74 Å². The quantitative estimate of drug-likeness (QED) is 0.662. The molecular formula is C20H23N5O3. The number of carbonyl (C=O) groups is 2. The molecule has 0 unspecified atom stereocenters. The zero-order chi connectivity index (χ0) is 20.3. The lowest BCUT2D eigenvalue weighted by Crippen LogP contribution is -2.41. The Hall–Kier alpha value is -3.42. The van der Waals surface area contributed by atoms with Crippen LogP contribution in [0.1, 0.15) is 53.2 Å². The third-order valence-electron chi connectivity index (χ3n) is 4.21. The van der Waals surface area contributed by atoms with Crippen molar-refractivity contribution in [3.63, 3.8) is 0 Å². The van der Waals surface area contributed by atoms with Crippen LogP contribution in [0, 0.1) is 6.92 Å². The van der Waals surface area contributed by atoms with Crippen LogP contribution in [-0.2, 0) is 0 Å². The molecule has 8 nitrogen and oxygen atoms in total. The molecule has 0 fully saturated rings. The second-order valence-electron chi connectivity index (χ2n) is 6.58. The third kappa shape index (κ3) is 3.95. The molecule has 2 N–H and O–H groups in total. The summed E-state index contributed by atoms with van der Waals surface area (Å²) in [7, 11) is 0. The summed E-state index contributed by atoms with van der Waals surface area (Å²) in [5.41, 5.74) is 6.92. The zero-order valence-corrected chi connectivity index (χ0v) is 16.3. The van der Waals surface area contributed by atoms with Crippen LogP contribution in [0.3, 0.4) is 0 Å². The van der Waals surface area contributed by atoms with Gasteiger partial charge >= 0.3 is 0 Å². The molecule has 0 aliphatic heterocycles. The number of carbonyl (C=O) groups excluding carboxylic acids is 2. The molecule has 0 aliphatic rings. The van der Waals surface area contributed by atoms with Crippen molar-refractivity contribution in [3.8, 4) is 5.75 Å². The number of fused-ring (bicyclic) bond motifs is 1. The average Bonchev–Trinajstić information content (AvgIpc) is 3.09. The van der Waals surface area contributed by atoms with Gasteiger partial charge in [0.2, 0.25) is 0 Å². The largest absolute Gasteiger partial charge is 0.494 e. The molecule has 146 valence electrons. The van der Waals surface area contributed by atoms with Gasteiger partial charge in [-0.3, -0.25) is 20.4 Å². The fraction of sp³-hybridized carbons (Fsp3) is 0.300. The van der Waals surface area contributed by atoms with Crippen LogP contribution in [0.15, 0.2) is 36.5 Å². The first kappa shape index (κ1) is 19.3. The number of hydrazine groups is 1. The molecule has 0 saturated carbocycles. The van der Waals surface area contributed by atoms with E-state index in [4.69, 9.17) is 4.74 Å². The molecule has 2 aromatic heterocycles. The molecule has 28 heavy (non-hydrogen) atoms. The maximum absolute atomic E-state index is 12.5. The first-order chi connectivity index (χ1) is 13.4. The number of nitrogens with zero attached hydrogens (tertiary/aromatic N) is 3. The Morgan fingerprint density at radius 2 is 1.82 bits per heavy atom. The first-order valence-electron chi connectivity index (χ1n) is 9.09. The Kier molecular flexibility index (Phi) is 5.58. The smallest absolute Gasteiger partial charge is 0.271 e. The van der Waals surface area contributed by atoms with Gasteiger partial charge in [-0.1, -0.05) is 0 Å². The second-order valence-corrected chi connectivity index (χ2v) is 6.58. The minimum atomic E-state index is -0.441. The van der Waals surface area contributed by atoms with Gasteiger partial charge in [-0.2, -0.15) is 5.10 Å². The highest BCUT2D eigenvalue weighted by Crippen LogP contribution is 2.19. The third-order valence-corrected chi connectivity index (χ3v) is 4.21. The monoisotopic (exact) mass is 381 g/mol. The van der Waals surface area contributed by atoms with Crippen LogP contribution in [0.25, 0.3) is 11.0 Å². The van der Waals surface area contributed by atoms with E-state index in [1.54, 1.807) is 48.1 Å². The fourth-order valence-corrected chi connectivity index (χ4v) is 2.80. The summed E-state index contributed by atoms with van der Waals surface area (Å²) >= 11 is 0. The summed E-state index contributed by atoms with van der Waals surface area (Å²) in [4.78, 5) is 29.2. The van der Waals surface area contributed by atoms with Crippen LogP contribution >= 0.6 is 0 Å². The van der Waals surface area contributed by atoms with Gasteiger partial charge in [-0.25, -0.2) is 9.67 Å². The lowest BCUT2D eigenvalue weighted by atomic mass is 10.1. The first-order valence-corrected chi connectivity index (χ1v) is 9.09. The summed E-state index contributed by atoms with van der Waals surface area (Å²) < 4.78 is 7.15. The Morgan fingerprint density at radius 1 is 1.14 bits per heavy atom. The van der Waals surface area contributed by atoms with Gasteiger partial charge in [0.05, 0.1) is 24.1 Å². The molecule has 3 aromatic rings. The maximum Gasteiger partial charge on any atom is 0.271 e. The number of pyridine rings is 1. The van der Waals surface area contributed by atoms with Crippen LogP contribution in [0.4, 0.5) is 0 Å². The zero-order valence-electron chi connectivity index (χ0n) is 16.3. The Bertz CT molecular complexity index is 1010. The van der Waals surface area contributed by atoms with E-state index in [0.29, 0.717) is 29.2 Å². The molecule has 8 heteroatoms. The van der Waals surface area contributed by atoms with E-state index >= 15 is 0 Å². The highest BCUT2D eigenvalue weighted by atomic mass is 16.5. The van der Waals surface area contributed by atoms with Crippen molar-refractivity contribution in [2.45, 2.75) is 33.7 Å². The summed E-state index contributed by atoms with van der Waals surface area (Å²) in [6, 6.07) is 8.56. The van der Waals surface area contributed by atoms with Gasteiger partial charge in [0, 0.05) is 17.0 Å². The number of rotatable bonds is 5. The molecule has 0 aliphatic carbocycles. The van der Waals surface area contributed by atoms with E-state index in [2.05, 4.69) is 20.9 Å². The predicted octanol–water partition coefficient (Wildman–Crippen LogP) is 2.79. The van der Waals surface area contributed by atoms with Gasteiger partial charge in [-0.05, 0) is 58.0 Å². The van der Waals surface area contributed by atoms with Crippen LogP contribution in [0.5, 0.6) is 5.75 Å². The number of aromatic nitrogens is 3. The Morgan fingerprint density at radius 3 is 2.46 bits per heavy atom. The average molecular weight is 381 g/mol. The SMILES string of the molecule is CCOc1ccc(C(=O)NNC(=O)c2cc3cnn(C(C)C)c3nc2C)cc1. The molecule has 1 aromatic carbocycles. The Balaban J connectivity index is 1.70. The van der Waals surface area contributed by atoms with E-state index in [0.717, 1.165) is 11.0 Å². The number of amides is 2. The van der Waals surface area contributed by atoms with Gasteiger partial charge in [0.15, 0.2) is 5.65 Å². The molecule has 0 radical (unpaired) electrons. The maximum atomic E-state index is 12.5. The standard InChI is InChI=1S/C20H23N5O3/c1-5-28-16-8-6-14(7-9-16)19(26)23-24-20(27)17-10-15-11-21-25(12(2)3)18(15)22-13(17)4/h6-12H,5H2,1-4H3,(H,23,26)(H,24,27). The highest BCUT2D eigenvalue weighted by Gasteiger charge is 2.16. The van der Waals surface area contributed by atoms with E-state index in [1.165, 1.54) is 0 Å². The van der Waals surface area contributed by atoms with E-state index in [9.17, 15) is 9.59 Å². The predicted molar refractivity (Wildman–Crippen MR) is 105 cm³/mol. The molecule has 2 amide bonds. The number of hydrogen-bond acceptors (Lipinski definition) is 5. The van der Waals surface area contributed by atoms with Crippen molar-refractivity contribution in [3.05, 3.63) is 53.3 Å². The van der Waals surface area contributed by atoms with Gasteiger partial charge in [0.25, 0.3) is 11.8 Å². The second kappa shape index (κ2) is 8.08. The van der Waals surface area contributed by atoms with Crippen molar-refractivity contribution in [2.75, 3.05) is 6.61 Å². The number of nitrogens with one attached hydrogen (secondary N) is 2. The van der Waals surface area contributed by atoms with E-state index < -0.39 is 11.8 Å². The van der Waals surface area contributed by atoms with Crippen molar-refractivity contribution in [1.82, 2.24) is 25.6 Å². The number of ether oxygens (including phenoxy) is 1.